The molecule has 0 bridgehead atoms. The summed E-state index contributed by atoms with van der Waals surface area (Å²) in [7, 11) is 1.58. The maximum atomic E-state index is 11.9. The summed E-state index contributed by atoms with van der Waals surface area (Å²) in [6.45, 7) is 2.17. The van der Waals surface area contributed by atoms with Crippen LogP contribution in [-0.4, -0.2) is 28.3 Å². The van der Waals surface area contributed by atoms with E-state index in [1.165, 1.54) is 0 Å². The van der Waals surface area contributed by atoms with E-state index in [1.807, 2.05) is 25.1 Å². The molecule has 3 N–H and O–H groups in total. The van der Waals surface area contributed by atoms with Crippen molar-refractivity contribution in [2.24, 2.45) is 0 Å². The van der Waals surface area contributed by atoms with Crippen molar-refractivity contribution < 1.29 is 14.6 Å². The number of carbonyl (C=O) groups excluding carboxylic acids is 1. The highest BCUT2D eigenvalue weighted by Gasteiger charge is 2.13. The van der Waals surface area contributed by atoms with Crippen molar-refractivity contribution in [1.82, 2.24) is 15.5 Å². The standard InChI is InChI=1S/C14H15N3O4/c1-8-3-4-9(5-11(8)21-2)7-15-14(20)13-10(18)6-12(19)16-17-13/h3-6H,7H2,1-2H3,(H,15,20)(H2,16,18,19). The first kappa shape index (κ1) is 14.6. The lowest BCUT2D eigenvalue weighted by atomic mass is 10.1. The smallest absolute Gasteiger partial charge is 0.275 e. The molecule has 2 aromatic rings. The van der Waals surface area contributed by atoms with E-state index in [0.717, 1.165) is 22.9 Å². The van der Waals surface area contributed by atoms with Gasteiger partial charge in [-0.2, -0.15) is 5.10 Å². The van der Waals surface area contributed by atoms with Gasteiger partial charge in [-0.25, -0.2) is 5.10 Å². The normalized spacial score (nSPS) is 10.2. The highest BCUT2D eigenvalue weighted by Crippen LogP contribution is 2.19. The highest BCUT2D eigenvalue weighted by atomic mass is 16.5. The largest absolute Gasteiger partial charge is 0.505 e. The Morgan fingerprint density at radius 2 is 2.19 bits per heavy atom. The molecule has 1 heterocycles. The molecule has 0 atom stereocenters. The zero-order chi connectivity index (χ0) is 15.4. The van der Waals surface area contributed by atoms with Gasteiger partial charge in [0.15, 0.2) is 11.4 Å². The molecule has 7 heteroatoms. The maximum absolute atomic E-state index is 11.9. The number of aromatic nitrogens is 2. The van der Waals surface area contributed by atoms with Crippen LogP contribution in [0.5, 0.6) is 11.5 Å². The lowest BCUT2D eigenvalue weighted by molar-refractivity contribution is 0.0941. The number of amides is 1. The number of nitrogens with one attached hydrogen (secondary N) is 2. The summed E-state index contributed by atoms with van der Waals surface area (Å²) in [5.41, 5.74) is 1.03. The van der Waals surface area contributed by atoms with Gasteiger partial charge in [0.25, 0.3) is 11.5 Å². The number of nitrogens with zero attached hydrogens (tertiary/aromatic N) is 1. The van der Waals surface area contributed by atoms with Crippen molar-refractivity contribution in [3.05, 3.63) is 51.4 Å². The molecule has 0 radical (unpaired) electrons. The van der Waals surface area contributed by atoms with Crippen LogP contribution in [0.25, 0.3) is 0 Å². The van der Waals surface area contributed by atoms with Crippen LogP contribution in [0.3, 0.4) is 0 Å². The predicted molar refractivity (Wildman–Crippen MR) is 75.4 cm³/mol. The minimum Gasteiger partial charge on any atom is -0.505 e. The van der Waals surface area contributed by atoms with Gasteiger partial charge in [0.05, 0.1) is 7.11 Å². The van der Waals surface area contributed by atoms with Crippen molar-refractivity contribution in [1.29, 1.82) is 0 Å². The Kier molecular flexibility index (Phi) is 4.22. The number of hydrogen-bond donors (Lipinski definition) is 3. The summed E-state index contributed by atoms with van der Waals surface area (Å²) in [5.74, 6) is -0.312. The van der Waals surface area contributed by atoms with E-state index in [9.17, 15) is 14.7 Å². The number of H-pyrrole nitrogens is 1. The van der Waals surface area contributed by atoms with Crippen LogP contribution < -0.4 is 15.6 Å². The molecule has 1 amide bonds. The summed E-state index contributed by atoms with van der Waals surface area (Å²) in [4.78, 5) is 22.8. The summed E-state index contributed by atoms with van der Waals surface area (Å²) in [6, 6.07) is 6.46. The number of ether oxygens (including phenoxy) is 1. The van der Waals surface area contributed by atoms with Crippen molar-refractivity contribution in [2.75, 3.05) is 7.11 Å². The average Bonchev–Trinajstić information content (AvgIpc) is 2.46. The zero-order valence-electron chi connectivity index (χ0n) is 11.6. The van der Waals surface area contributed by atoms with E-state index in [-0.39, 0.29) is 12.2 Å². The van der Waals surface area contributed by atoms with E-state index in [0.29, 0.717) is 0 Å². The summed E-state index contributed by atoms with van der Waals surface area (Å²) < 4.78 is 5.20. The minimum absolute atomic E-state index is 0.228. The number of methoxy groups -OCH3 is 1. The maximum Gasteiger partial charge on any atom is 0.275 e. The third-order valence-electron chi connectivity index (χ3n) is 2.93. The number of carbonyl (C=O) groups is 1. The average molecular weight is 289 g/mol. The number of aromatic hydroxyl groups is 1. The fraction of sp³-hybridized carbons (Fsp3) is 0.214. The SMILES string of the molecule is COc1cc(CNC(=O)c2n[nH]c(=O)cc2O)ccc1C. The van der Waals surface area contributed by atoms with Crippen LogP contribution in [0.1, 0.15) is 21.6 Å². The number of aryl methyl sites for hydroxylation is 1. The Labute approximate surface area is 120 Å². The fourth-order valence-corrected chi connectivity index (χ4v) is 1.80. The Balaban J connectivity index is 2.09. The molecule has 0 aliphatic heterocycles. The first-order chi connectivity index (χ1) is 10.0. The molecule has 0 saturated carbocycles. The molecule has 2 rings (SSSR count). The predicted octanol–water partition coefficient (Wildman–Crippen LogP) is 0.723. The molecular formula is C14H15N3O4. The van der Waals surface area contributed by atoms with Crippen LogP contribution in [0.2, 0.25) is 0 Å². The summed E-state index contributed by atoms with van der Waals surface area (Å²) >= 11 is 0. The van der Waals surface area contributed by atoms with Gasteiger partial charge in [0, 0.05) is 12.6 Å². The van der Waals surface area contributed by atoms with Crippen LogP contribution in [-0.2, 0) is 6.54 Å². The van der Waals surface area contributed by atoms with Crippen molar-refractivity contribution in [3.8, 4) is 11.5 Å². The second-order valence-corrected chi connectivity index (χ2v) is 4.45. The number of hydrogen-bond acceptors (Lipinski definition) is 5. The number of rotatable bonds is 4. The molecular weight excluding hydrogens is 274 g/mol. The monoisotopic (exact) mass is 289 g/mol. The molecule has 0 unspecified atom stereocenters. The van der Waals surface area contributed by atoms with Crippen LogP contribution in [0, 0.1) is 6.92 Å². The van der Waals surface area contributed by atoms with E-state index < -0.39 is 17.2 Å². The molecule has 110 valence electrons. The Hall–Kier alpha value is -2.83. The first-order valence-electron chi connectivity index (χ1n) is 6.21. The quantitative estimate of drug-likeness (QED) is 0.769. The third-order valence-corrected chi connectivity index (χ3v) is 2.93. The molecule has 7 nitrogen and oxygen atoms in total. The second kappa shape index (κ2) is 6.08. The molecule has 0 spiro atoms. The molecule has 21 heavy (non-hydrogen) atoms. The summed E-state index contributed by atoms with van der Waals surface area (Å²) in [6.07, 6.45) is 0. The van der Waals surface area contributed by atoms with Gasteiger partial charge in [-0.05, 0) is 24.1 Å². The van der Waals surface area contributed by atoms with Gasteiger partial charge in [-0.3, -0.25) is 9.59 Å². The van der Waals surface area contributed by atoms with Crippen molar-refractivity contribution in [3.63, 3.8) is 0 Å². The van der Waals surface area contributed by atoms with Gasteiger partial charge >= 0.3 is 0 Å². The lowest BCUT2D eigenvalue weighted by Crippen LogP contribution is -2.25. The van der Waals surface area contributed by atoms with Gasteiger partial charge in [-0.15, -0.1) is 0 Å². The van der Waals surface area contributed by atoms with Crippen LogP contribution >= 0.6 is 0 Å². The van der Waals surface area contributed by atoms with Gasteiger partial charge in [0.1, 0.15) is 5.75 Å². The molecule has 0 fully saturated rings. The molecule has 0 saturated heterocycles. The van der Waals surface area contributed by atoms with Crippen molar-refractivity contribution in [2.45, 2.75) is 13.5 Å². The fourth-order valence-electron chi connectivity index (χ4n) is 1.80. The highest BCUT2D eigenvalue weighted by molar-refractivity contribution is 5.94. The number of benzene rings is 1. The molecule has 1 aromatic carbocycles. The van der Waals surface area contributed by atoms with Crippen LogP contribution in [0.15, 0.2) is 29.1 Å². The van der Waals surface area contributed by atoms with Gasteiger partial charge in [-0.1, -0.05) is 12.1 Å². The third kappa shape index (κ3) is 3.38. The Morgan fingerprint density at radius 1 is 1.43 bits per heavy atom. The first-order valence-corrected chi connectivity index (χ1v) is 6.21. The van der Waals surface area contributed by atoms with E-state index in [2.05, 4.69) is 15.5 Å². The molecule has 1 aromatic heterocycles. The van der Waals surface area contributed by atoms with E-state index in [4.69, 9.17) is 4.74 Å². The minimum atomic E-state index is -0.580. The Morgan fingerprint density at radius 3 is 2.86 bits per heavy atom. The van der Waals surface area contributed by atoms with Crippen molar-refractivity contribution >= 4 is 5.91 Å². The van der Waals surface area contributed by atoms with E-state index >= 15 is 0 Å². The summed E-state index contributed by atoms with van der Waals surface area (Å²) in [5, 5.41) is 17.7. The lowest BCUT2D eigenvalue weighted by Gasteiger charge is -2.09. The van der Waals surface area contributed by atoms with E-state index in [1.54, 1.807) is 7.11 Å². The van der Waals surface area contributed by atoms with Gasteiger partial charge in [0.2, 0.25) is 0 Å². The zero-order valence-corrected chi connectivity index (χ0v) is 11.6. The number of aromatic amines is 1. The topological polar surface area (TPSA) is 104 Å². The van der Waals surface area contributed by atoms with Gasteiger partial charge < -0.3 is 15.2 Å². The molecule has 0 aliphatic rings. The second-order valence-electron chi connectivity index (χ2n) is 4.45. The molecule has 0 aliphatic carbocycles. The van der Waals surface area contributed by atoms with Crippen LogP contribution in [0.4, 0.5) is 0 Å². The Bertz CT molecular complexity index is 724.